The number of hydrogen-bond donors (Lipinski definition) is 0. The minimum absolute atomic E-state index is 0.0479. The molecule has 0 radical (unpaired) electrons. The van der Waals surface area contributed by atoms with E-state index in [9.17, 15) is 13.2 Å². The maximum atomic E-state index is 12.4. The van der Waals surface area contributed by atoms with Gasteiger partial charge in [-0.25, -0.2) is 0 Å². The molecule has 0 nitrogen and oxygen atoms in total. The first-order chi connectivity index (χ1) is 5.76. The minimum atomic E-state index is -4.35. The Morgan fingerprint density at radius 2 is 1.85 bits per heavy atom. The topological polar surface area (TPSA) is 0 Å². The SMILES string of the molecule is FC(F)(F)[C@@]1(Cl)C[C@H](Br)[C@@H](Br)CS1. The van der Waals surface area contributed by atoms with E-state index in [1.807, 2.05) is 0 Å². The highest BCUT2D eigenvalue weighted by atomic mass is 79.9. The predicted molar refractivity (Wildman–Crippen MR) is 57.1 cm³/mol. The van der Waals surface area contributed by atoms with E-state index in [-0.39, 0.29) is 16.1 Å². The smallest absolute Gasteiger partial charge is 0.168 e. The summed E-state index contributed by atoms with van der Waals surface area (Å²) in [4.78, 5) is -0.181. The van der Waals surface area contributed by atoms with Crippen molar-refractivity contribution in [2.24, 2.45) is 0 Å². The van der Waals surface area contributed by atoms with Crippen molar-refractivity contribution in [2.45, 2.75) is 26.5 Å². The van der Waals surface area contributed by atoms with Crippen LogP contribution in [0.15, 0.2) is 0 Å². The lowest BCUT2D eigenvalue weighted by atomic mass is 10.2. The zero-order chi connectivity index (χ0) is 10.3. The summed E-state index contributed by atoms with van der Waals surface area (Å²) in [7, 11) is 0. The van der Waals surface area contributed by atoms with Gasteiger partial charge in [0.25, 0.3) is 0 Å². The fraction of sp³-hybridized carbons (Fsp3) is 1.00. The van der Waals surface area contributed by atoms with Crippen molar-refractivity contribution in [1.82, 2.24) is 0 Å². The molecule has 0 N–H and O–H groups in total. The van der Waals surface area contributed by atoms with Crippen LogP contribution < -0.4 is 0 Å². The summed E-state index contributed by atoms with van der Waals surface area (Å²) < 4.78 is 35.2. The Morgan fingerprint density at radius 1 is 1.31 bits per heavy atom. The molecule has 13 heavy (non-hydrogen) atoms. The van der Waals surface area contributed by atoms with Crippen molar-refractivity contribution in [3.05, 3.63) is 0 Å². The van der Waals surface area contributed by atoms with Gasteiger partial charge in [-0.15, -0.1) is 11.8 Å². The van der Waals surface area contributed by atoms with Crippen LogP contribution in [0.5, 0.6) is 0 Å². The maximum absolute atomic E-state index is 12.4. The van der Waals surface area contributed by atoms with Crippen LogP contribution in [0.1, 0.15) is 6.42 Å². The van der Waals surface area contributed by atoms with Gasteiger partial charge in [0, 0.05) is 15.4 Å². The van der Waals surface area contributed by atoms with E-state index in [0.29, 0.717) is 5.75 Å². The van der Waals surface area contributed by atoms with Crippen molar-refractivity contribution in [3.8, 4) is 0 Å². The molecule has 0 saturated carbocycles. The molecular weight excluding hydrogens is 356 g/mol. The Morgan fingerprint density at radius 3 is 2.23 bits per heavy atom. The van der Waals surface area contributed by atoms with Crippen molar-refractivity contribution in [1.29, 1.82) is 0 Å². The highest BCUT2D eigenvalue weighted by Gasteiger charge is 2.57. The number of alkyl halides is 6. The fourth-order valence-electron chi connectivity index (χ4n) is 0.951. The van der Waals surface area contributed by atoms with E-state index >= 15 is 0 Å². The Kier molecular flexibility index (Phi) is 3.93. The second-order valence-corrected chi connectivity index (χ2v) is 7.31. The Labute approximate surface area is 100 Å². The van der Waals surface area contributed by atoms with Gasteiger partial charge in [0.05, 0.1) is 0 Å². The van der Waals surface area contributed by atoms with Crippen LogP contribution in [0, 0.1) is 0 Å². The van der Waals surface area contributed by atoms with E-state index < -0.39 is 10.4 Å². The number of halogens is 6. The summed E-state index contributed by atoms with van der Waals surface area (Å²) >= 11 is 12.7. The van der Waals surface area contributed by atoms with Crippen LogP contribution in [-0.2, 0) is 0 Å². The quantitative estimate of drug-likeness (QED) is 0.584. The normalized spacial score (nSPS) is 42.0. The van der Waals surface area contributed by atoms with Crippen LogP contribution in [0.3, 0.4) is 0 Å². The molecular formula is C6H6Br2ClF3S. The molecule has 0 aromatic heterocycles. The first kappa shape index (κ1) is 12.5. The average molecular weight is 362 g/mol. The second kappa shape index (κ2) is 4.10. The van der Waals surface area contributed by atoms with Gasteiger partial charge in [-0.05, 0) is 6.42 Å². The lowest BCUT2D eigenvalue weighted by Gasteiger charge is -2.37. The van der Waals surface area contributed by atoms with Crippen LogP contribution in [0.2, 0.25) is 0 Å². The summed E-state index contributed by atoms with van der Waals surface area (Å²) in [6.07, 6.45) is -4.46. The highest BCUT2D eigenvalue weighted by molar-refractivity contribution is 9.12. The summed E-state index contributed by atoms with van der Waals surface area (Å²) in [5.41, 5.74) is 0. The molecule has 1 fully saturated rings. The highest BCUT2D eigenvalue weighted by Crippen LogP contribution is 2.53. The second-order valence-electron chi connectivity index (χ2n) is 2.77. The zero-order valence-electron chi connectivity index (χ0n) is 6.24. The molecule has 0 spiro atoms. The summed E-state index contributed by atoms with van der Waals surface area (Å²) in [6, 6.07) is 0. The third-order valence-electron chi connectivity index (χ3n) is 1.74. The fourth-order valence-corrected chi connectivity index (χ4v) is 4.33. The molecule has 0 unspecified atom stereocenters. The first-order valence-electron chi connectivity index (χ1n) is 3.44. The number of hydrogen-bond acceptors (Lipinski definition) is 1. The van der Waals surface area contributed by atoms with Gasteiger partial charge in [-0.1, -0.05) is 43.5 Å². The van der Waals surface area contributed by atoms with Crippen LogP contribution >= 0.6 is 55.2 Å². The standard InChI is InChI=1S/C6H6Br2ClF3S/c7-3-1-5(9,6(10,11)12)13-2-4(3)8/h3-4H,1-2H2/t3-,4-,5+/m0/s1. The molecule has 7 heteroatoms. The van der Waals surface area contributed by atoms with Gasteiger partial charge in [-0.2, -0.15) is 13.2 Å². The molecule has 0 aromatic rings. The summed E-state index contributed by atoms with van der Waals surface area (Å²) in [5, 5.41) is 0. The summed E-state index contributed by atoms with van der Waals surface area (Å²) in [5.74, 6) is 0.360. The molecule has 0 bridgehead atoms. The lowest BCUT2D eigenvalue weighted by molar-refractivity contribution is -0.140. The zero-order valence-corrected chi connectivity index (χ0v) is 11.0. The maximum Gasteiger partial charge on any atom is 0.416 e. The lowest BCUT2D eigenvalue weighted by Crippen LogP contribution is -2.44. The molecule has 1 heterocycles. The molecule has 0 aliphatic carbocycles. The van der Waals surface area contributed by atoms with Gasteiger partial charge in [-0.3, -0.25) is 0 Å². The van der Waals surface area contributed by atoms with E-state index in [2.05, 4.69) is 31.9 Å². The molecule has 0 aromatic carbocycles. The van der Waals surface area contributed by atoms with E-state index in [0.717, 1.165) is 11.8 Å². The van der Waals surface area contributed by atoms with Gasteiger partial charge in [0.15, 0.2) is 4.21 Å². The molecule has 0 amide bonds. The Hall–Kier alpha value is 1.39. The monoisotopic (exact) mass is 360 g/mol. The van der Waals surface area contributed by atoms with Crippen LogP contribution in [-0.4, -0.2) is 25.8 Å². The van der Waals surface area contributed by atoms with Crippen molar-refractivity contribution in [3.63, 3.8) is 0 Å². The van der Waals surface area contributed by atoms with Crippen LogP contribution in [0.25, 0.3) is 0 Å². The molecule has 78 valence electrons. The van der Waals surface area contributed by atoms with Crippen molar-refractivity contribution < 1.29 is 13.2 Å². The van der Waals surface area contributed by atoms with E-state index in [1.54, 1.807) is 0 Å². The molecule has 1 rings (SSSR count). The van der Waals surface area contributed by atoms with Gasteiger partial charge in [0.1, 0.15) is 0 Å². The summed E-state index contributed by atoms with van der Waals surface area (Å²) in [6.45, 7) is 0. The molecule has 1 aliphatic rings. The third kappa shape index (κ3) is 2.69. The largest absolute Gasteiger partial charge is 0.416 e. The van der Waals surface area contributed by atoms with E-state index in [1.165, 1.54) is 0 Å². The van der Waals surface area contributed by atoms with Crippen molar-refractivity contribution in [2.75, 3.05) is 5.75 Å². The number of rotatable bonds is 0. The Balaban J connectivity index is 2.73. The van der Waals surface area contributed by atoms with Crippen molar-refractivity contribution >= 4 is 55.2 Å². The van der Waals surface area contributed by atoms with Gasteiger partial charge in [0.2, 0.25) is 0 Å². The van der Waals surface area contributed by atoms with Gasteiger partial charge < -0.3 is 0 Å². The average Bonchev–Trinajstić information content (AvgIpc) is 1.95. The van der Waals surface area contributed by atoms with E-state index in [4.69, 9.17) is 11.6 Å². The molecule has 1 saturated heterocycles. The molecule has 3 atom stereocenters. The Bertz CT molecular complexity index is 201. The minimum Gasteiger partial charge on any atom is -0.168 e. The first-order valence-corrected chi connectivity index (χ1v) is 6.63. The predicted octanol–water partition coefficient (Wildman–Crippen LogP) is 4.15. The third-order valence-corrected chi connectivity index (χ3v) is 6.88. The number of thioether (sulfide) groups is 1. The van der Waals surface area contributed by atoms with Crippen LogP contribution in [0.4, 0.5) is 13.2 Å². The molecule has 1 aliphatic heterocycles. The van der Waals surface area contributed by atoms with Gasteiger partial charge >= 0.3 is 6.18 Å².